The highest BCUT2D eigenvalue weighted by Crippen LogP contribution is 2.29. The van der Waals surface area contributed by atoms with Crippen LogP contribution < -0.4 is 10.1 Å². The molecule has 0 saturated heterocycles. The van der Waals surface area contributed by atoms with Crippen molar-refractivity contribution in [2.24, 2.45) is 0 Å². The first-order chi connectivity index (χ1) is 14.2. The average molecular weight is 413 g/mol. The van der Waals surface area contributed by atoms with Crippen LogP contribution in [0.1, 0.15) is 10.4 Å². The number of para-hydroxylation sites is 1. The lowest BCUT2D eigenvalue weighted by Crippen LogP contribution is -2.11. The molecule has 29 heavy (non-hydrogen) atoms. The quantitative estimate of drug-likeness (QED) is 0.409. The number of pyridine rings is 1. The van der Waals surface area contributed by atoms with Gasteiger partial charge in [-0.1, -0.05) is 41.9 Å². The molecule has 2 aromatic carbocycles. The Morgan fingerprint density at radius 1 is 1.07 bits per heavy atom. The second kappa shape index (κ2) is 10.6. The van der Waals surface area contributed by atoms with Crippen LogP contribution in [0, 0.1) is 0 Å². The molecule has 0 bridgehead atoms. The minimum absolute atomic E-state index is 0.0892. The zero-order valence-corrected chi connectivity index (χ0v) is 16.7. The van der Waals surface area contributed by atoms with Gasteiger partial charge >= 0.3 is 0 Å². The summed E-state index contributed by atoms with van der Waals surface area (Å²) < 4.78 is 15.6. The van der Waals surface area contributed by atoms with Crippen LogP contribution in [0.15, 0.2) is 66.9 Å². The van der Waals surface area contributed by atoms with E-state index in [4.69, 9.17) is 25.8 Å². The Morgan fingerprint density at radius 3 is 2.52 bits per heavy atom. The molecule has 7 heteroatoms. The summed E-state index contributed by atoms with van der Waals surface area (Å²) in [6.07, 6.45) is 1.58. The third-order valence-corrected chi connectivity index (χ3v) is 4.30. The van der Waals surface area contributed by atoms with E-state index in [9.17, 15) is 4.79 Å². The van der Waals surface area contributed by atoms with Gasteiger partial charge in [-0.05, 0) is 24.3 Å². The van der Waals surface area contributed by atoms with E-state index in [0.717, 1.165) is 11.3 Å². The number of halogens is 1. The molecule has 0 aliphatic carbocycles. The van der Waals surface area contributed by atoms with Crippen LogP contribution in [0.4, 0.5) is 5.69 Å². The van der Waals surface area contributed by atoms with Gasteiger partial charge in [0.05, 0.1) is 30.1 Å². The van der Waals surface area contributed by atoms with Crippen molar-refractivity contribution in [3.05, 3.63) is 77.4 Å². The monoisotopic (exact) mass is 412 g/mol. The standard InChI is InChI=1S/C22H21ClN2O4/c1-27-11-12-28-15-29-19-13-20(23)21(24-14-19)16-7-9-17(10-8-16)22(26)25-18-5-3-2-4-6-18/h2-10,13-14H,11-12,15H2,1H3,(H,25,26). The van der Waals surface area contributed by atoms with Crippen molar-refractivity contribution in [2.75, 3.05) is 32.4 Å². The van der Waals surface area contributed by atoms with E-state index in [1.165, 1.54) is 0 Å². The number of nitrogens with zero attached hydrogens (tertiary/aromatic N) is 1. The number of hydrogen-bond acceptors (Lipinski definition) is 5. The molecule has 1 heterocycles. The highest BCUT2D eigenvalue weighted by molar-refractivity contribution is 6.33. The number of amides is 1. The van der Waals surface area contributed by atoms with E-state index < -0.39 is 0 Å². The molecule has 0 spiro atoms. The van der Waals surface area contributed by atoms with Gasteiger partial charge in [0.15, 0.2) is 6.79 Å². The predicted octanol–water partition coefficient (Wildman–Crippen LogP) is 4.65. The van der Waals surface area contributed by atoms with Gasteiger partial charge in [0.2, 0.25) is 0 Å². The first-order valence-electron chi connectivity index (χ1n) is 8.99. The topological polar surface area (TPSA) is 69.7 Å². The Balaban J connectivity index is 1.62. The number of carbonyl (C=O) groups is 1. The number of aromatic nitrogens is 1. The van der Waals surface area contributed by atoms with Crippen molar-refractivity contribution in [1.29, 1.82) is 0 Å². The maximum absolute atomic E-state index is 12.4. The number of ether oxygens (including phenoxy) is 3. The van der Waals surface area contributed by atoms with Crippen LogP contribution in [0.5, 0.6) is 5.75 Å². The SMILES string of the molecule is COCCOCOc1cnc(-c2ccc(C(=O)Nc3ccccc3)cc2)c(Cl)c1. The van der Waals surface area contributed by atoms with E-state index in [-0.39, 0.29) is 12.7 Å². The van der Waals surface area contributed by atoms with Crippen LogP contribution in [0.3, 0.4) is 0 Å². The third-order valence-electron chi connectivity index (χ3n) is 4.01. The molecule has 3 rings (SSSR count). The number of benzene rings is 2. The van der Waals surface area contributed by atoms with E-state index in [2.05, 4.69) is 10.3 Å². The molecule has 1 amide bonds. The van der Waals surface area contributed by atoms with Gasteiger partial charge in [-0.3, -0.25) is 9.78 Å². The summed E-state index contributed by atoms with van der Waals surface area (Å²) in [5.41, 5.74) is 2.69. The average Bonchev–Trinajstić information content (AvgIpc) is 2.74. The van der Waals surface area contributed by atoms with Crippen LogP contribution >= 0.6 is 11.6 Å². The van der Waals surface area contributed by atoms with E-state index in [1.807, 2.05) is 42.5 Å². The number of nitrogens with one attached hydrogen (secondary N) is 1. The van der Waals surface area contributed by atoms with Gasteiger partial charge in [0.1, 0.15) is 5.75 Å². The molecule has 1 aromatic heterocycles. The van der Waals surface area contributed by atoms with Crippen molar-refractivity contribution in [3.8, 4) is 17.0 Å². The molecule has 3 aromatic rings. The minimum Gasteiger partial charge on any atom is -0.466 e. The lowest BCUT2D eigenvalue weighted by atomic mass is 10.1. The molecular weight excluding hydrogens is 392 g/mol. The summed E-state index contributed by atoms with van der Waals surface area (Å²) in [6.45, 7) is 1.03. The van der Waals surface area contributed by atoms with Crippen molar-refractivity contribution >= 4 is 23.2 Å². The lowest BCUT2D eigenvalue weighted by molar-refractivity contribution is -0.00860. The van der Waals surface area contributed by atoms with Crippen molar-refractivity contribution in [1.82, 2.24) is 4.98 Å². The Bertz CT molecular complexity index is 933. The maximum Gasteiger partial charge on any atom is 0.255 e. The summed E-state index contributed by atoms with van der Waals surface area (Å²) in [5.74, 6) is 0.328. The normalized spacial score (nSPS) is 10.6. The van der Waals surface area contributed by atoms with E-state index in [0.29, 0.717) is 35.2 Å². The van der Waals surface area contributed by atoms with Gasteiger partial charge in [0.25, 0.3) is 5.91 Å². The second-order valence-corrected chi connectivity index (χ2v) is 6.47. The fourth-order valence-electron chi connectivity index (χ4n) is 2.53. The highest BCUT2D eigenvalue weighted by atomic mass is 35.5. The largest absolute Gasteiger partial charge is 0.466 e. The summed E-state index contributed by atoms with van der Waals surface area (Å²) >= 11 is 6.35. The van der Waals surface area contributed by atoms with Gasteiger partial charge in [-0.25, -0.2) is 0 Å². The first-order valence-corrected chi connectivity index (χ1v) is 9.37. The molecule has 0 radical (unpaired) electrons. The van der Waals surface area contributed by atoms with Crippen molar-refractivity contribution in [2.45, 2.75) is 0 Å². The Morgan fingerprint density at radius 2 is 1.83 bits per heavy atom. The smallest absolute Gasteiger partial charge is 0.255 e. The third kappa shape index (κ3) is 6.02. The second-order valence-electron chi connectivity index (χ2n) is 6.06. The molecule has 150 valence electrons. The van der Waals surface area contributed by atoms with Crippen molar-refractivity contribution < 1.29 is 19.0 Å². The molecule has 0 saturated carbocycles. The zero-order chi connectivity index (χ0) is 20.5. The molecule has 0 aliphatic heterocycles. The maximum atomic E-state index is 12.4. The lowest BCUT2D eigenvalue weighted by Gasteiger charge is -2.10. The fraction of sp³-hybridized carbons (Fsp3) is 0.182. The molecule has 6 nitrogen and oxygen atoms in total. The molecule has 0 atom stereocenters. The zero-order valence-electron chi connectivity index (χ0n) is 15.9. The fourth-order valence-corrected chi connectivity index (χ4v) is 2.79. The van der Waals surface area contributed by atoms with Crippen LogP contribution in [0.25, 0.3) is 11.3 Å². The van der Waals surface area contributed by atoms with Crippen LogP contribution in [0.2, 0.25) is 5.02 Å². The first kappa shape index (κ1) is 20.8. The summed E-state index contributed by atoms with van der Waals surface area (Å²) in [7, 11) is 1.61. The summed E-state index contributed by atoms with van der Waals surface area (Å²) in [6, 6.07) is 18.1. The Labute approximate surface area is 174 Å². The number of carbonyl (C=O) groups excluding carboxylic acids is 1. The Hall–Kier alpha value is -2.93. The van der Waals surface area contributed by atoms with Gasteiger partial charge in [0, 0.05) is 30.0 Å². The van der Waals surface area contributed by atoms with Crippen LogP contribution in [-0.4, -0.2) is 38.0 Å². The molecule has 1 N–H and O–H groups in total. The van der Waals surface area contributed by atoms with Gasteiger partial charge in [-0.2, -0.15) is 0 Å². The number of rotatable bonds is 9. The molecular formula is C22H21ClN2O4. The van der Waals surface area contributed by atoms with Gasteiger partial charge < -0.3 is 19.5 Å². The predicted molar refractivity (Wildman–Crippen MR) is 112 cm³/mol. The minimum atomic E-state index is -0.181. The number of hydrogen-bond donors (Lipinski definition) is 1. The molecule has 0 fully saturated rings. The Kier molecular flexibility index (Phi) is 7.58. The van der Waals surface area contributed by atoms with Gasteiger partial charge in [-0.15, -0.1) is 0 Å². The van der Waals surface area contributed by atoms with Crippen LogP contribution in [-0.2, 0) is 9.47 Å². The van der Waals surface area contributed by atoms with E-state index >= 15 is 0 Å². The highest BCUT2D eigenvalue weighted by Gasteiger charge is 2.10. The molecule has 0 aliphatic rings. The van der Waals surface area contributed by atoms with Crippen molar-refractivity contribution in [3.63, 3.8) is 0 Å². The van der Waals surface area contributed by atoms with E-state index in [1.54, 1.807) is 31.5 Å². The number of anilines is 1. The summed E-state index contributed by atoms with van der Waals surface area (Å²) in [4.78, 5) is 16.7. The number of methoxy groups -OCH3 is 1. The summed E-state index contributed by atoms with van der Waals surface area (Å²) in [5, 5.41) is 3.30. The molecule has 0 unspecified atom stereocenters.